The van der Waals surface area contributed by atoms with Crippen molar-refractivity contribution in [3.63, 3.8) is 0 Å². The summed E-state index contributed by atoms with van der Waals surface area (Å²) in [5, 5.41) is 2.70. The fourth-order valence-electron chi connectivity index (χ4n) is 1.23. The first-order chi connectivity index (χ1) is 7.46. The molecule has 0 heterocycles. The molecule has 0 radical (unpaired) electrons. The lowest BCUT2D eigenvalue weighted by atomic mass is 10.0. The van der Waals surface area contributed by atoms with E-state index in [-0.39, 0.29) is 5.91 Å². The second kappa shape index (κ2) is 4.82. The van der Waals surface area contributed by atoms with Crippen LogP contribution in [0.3, 0.4) is 0 Å². The zero-order valence-corrected chi connectivity index (χ0v) is 9.53. The molecular weight excluding hydrogens is 200 g/mol. The monoisotopic (exact) mass is 216 g/mol. The van der Waals surface area contributed by atoms with Crippen molar-refractivity contribution >= 4 is 5.91 Å². The fraction of sp³-hybridized carbons (Fsp3) is 0.308. The maximum Gasteiger partial charge on any atom is 0.242 e. The maximum atomic E-state index is 11.8. The predicted octanol–water partition coefficient (Wildman–Crippen LogP) is 1.21. The van der Waals surface area contributed by atoms with Gasteiger partial charge in [-0.2, -0.15) is 0 Å². The van der Waals surface area contributed by atoms with Gasteiger partial charge in [-0.05, 0) is 19.4 Å². The molecule has 1 atom stereocenters. The molecule has 0 aliphatic carbocycles. The molecule has 1 amide bonds. The number of benzene rings is 1. The second-order valence-electron chi connectivity index (χ2n) is 4.15. The van der Waals surface area contributed by atoms with E-state index in [0.29, 0.717) is 0 Å². The van der Waals surface area contributed by atoms with E-state index in [1.54, 1.807) is 13.8 Å². The zero-order chi connectivity index (χ0) is 12.2. The Labute approximate surface area is 96.0 Å². The Kier molecular flexibility index (Phi) is 3.70. The van der Waals surface area contributed by atoms with Gasteiger partial charge < -0.3 is 11.1 Å². The van der Waals surface area contributed by atoms with E-state index < -0.39 is 11.6 Å². The standard InChI is InChI=1S/C13H16N2O/c1-4-13(2,3)15-12(16)11(14)10-8-6-5-7-9-10/h1,5-9,11H,14H2,2-3H3,(H,15,16)/t11-/m1/s1. The third kappa shape index (κ3) is 3.11. The molecule has 1 rings (SSSR count). The van der Waals surface area contributed by atoms with Gasteiger partial charge >= 0.3 is 0 Å². The Morgan fingerprint density at radius 3 is 2.50 bits per heavy atom. The molecule has 0 bridgehead atoms. The van der Waals surface area contributed by atoms with Crippen LogP contribution in [0, 0.1) is 12.3 Å². The largest absolute Gasteiger partial charge is 0.339 e. The van der Waals surface area contributed by atoms with Gasteiger partial charge in [-0.3, -0.25) is 4.79 Å². The molecule has 1 aromatic carbocycles. The molecule has 3 heteroatoms. The number of carbonyl (C=O) groups excluding carboxylic acids is 1. The number of amides is 1. The van der Waals surface area contributed by atoms with E-state index in [0.717, 1.165) is 5.56 Å². The molecule has 0 fully saturated rings. The topological polar surface area (TPSA) is 55.1 Å². The molecule has 0 aromatic heterocycles. The van der Waals surface area contributed by atoms with Crippen molar-refractivity contribution in [1.82, 2.24) is 5.32 Å². The average Bonchev–Trinajstić information content (AvgIpc) is 2.28. The van der Waals surface area contributed by atoms with Crippen LogP contribution in [0.4, 0.5) is 0 Å². The minimum atomic E-state index is -0.686. The summed E-state index contributed by atoms with van der Waals surface area (Å²) >= 11 is 0. The number of rotatable bonds is 3. The molecule has 1 aromatic rings. The first-order valence-electron chi connectivity index (χ1n) is 5.06. The van der Waals surface area contributed by atoms with Gasteiger partial charge in [0.2, 0.25) is 5.91 Å². The number of terminal acetylenes is 1. The van der Waals surface area contributed by atoms with Crippen molar-refractivity contribution in [3.05, 3.63) is 35.9 Å². The number of nitrogens with one attached hydrogen (secondary N) is 1. The van der Waals surface area contributed by atoms with E-state index in [1.165, 1.54) is 0 Å². The highest BCUT2D eigenvalue weighted by atomic mass is 16.2. The number of nitrogens with two attached hydrogens (primary N) is 1. The molecule has 84 valence electrons. The lowest BCUT2D eigenvalue weighted by Crippen LogP contribution is -2.46. The van der Waals surface area contributed by atoms with Crippen LogP contribution >= 0.6 is 0 Å². The summed E-state index contributed by atoms with van der Waals surface area (Å²) < 4.78 is 0. The van der Waals surface area contributed by atoms with Gasteiger partial charge in [-0.1, -0.05) is 36.3 Å². The lowest BCUT2D eigenvalue weighted by molar-refractivity contribution is -0.123. The minimum Gasteiger partial charge on any atom is -0.339 e. The van der Waals surface area contributed by atoms with Crippen LogP contribution in [-0.4, -0.2) is 11.4 Å². The van der Waals surface area contributed by atoms with Crippen LogP contribution in [0.1, 0.15) is 25.5 Å². The summed E-state index contributed by atoms with van der Waals surface area (Å²) in [5.74, 6) is 2.22. The highest BCUT2D eigenvalue weighted by molar-refractivity contribution is 5.83. The van der Waals surface area contributed by atoms with Crippen molar-refractivity contribution in [2.24, 2.45) is 5.73 Å². The Balaban J connectivity index is 2.74. The summed E-state index contributed by atoms with van der Waals surface area (Å²) in [7, 11) is 0. The van der Waals surface area contributed by atoms with Crippen LogP contribution in [0.5, 0.6) is 0 Å². The minimum absolute atomic E-state index is 0.269. The summed E-state index contributed by atoms with van der Waals surface area (Å²) in [6, 6.07) is 8.50. The molecule has 16 heavy (non-hydrogen) atoms. The number of hydrogen-bond donors (Lipinski definition) is 2. The van der Waals surface area contributed by atoms with Crippen LogP contribution < -0.4 is 11.1 Å². The van der Waals surface area contributed by atoms with Gasteiger partial charge in [0, 0.05) is 0 Å². The van der Waals surface area contributed by atoms with Crippen molar-refractivity contribution < 1.29 is 4.79 Å². The molecule has 0 aliphatic rings. The fourth-order valence-corrected chi connectivity index (χ4v) is 1.23. The summed E-state index contributed by atoms with van der Waals surface area (Å²) in [4.78, 5) is 11.8. The highest BCUT2D eigenvalue weighted by Crippen LogP contribution is 2.11. The van der Waals surface area contributed by atoms with E-state index in [2.05, 4.69) is 11.2 Å². The second-order valence-corrected chi connectivity index (χ2v) is 4.15. The molecule has 0 unspecified atom stereocenters. The molecule has 0 aliphatic heterocycles. The molecular formula is C13H16N2O. The van der Waals surface area contributed by atoms with Crippen molar-refractivity contribution in [3.8, 4) is 12.3 Å². The van der Waals surface area contributed by atoms with E-state index in [4.69, 9.17) is 12.2 Å². The molecule has 0 saturated heterocycles. The number of carbonyl (C=O) groups is 1. The molecule has 3 nitrogen and oxygen atoms in total. The van der Waals surface area contributed by atoms with E-state index in [1.807, 2.05) is 30.3 Å². The van der Waals surface area contributed by atoms with E-state index in [9.17, 15) is 4.79 Å². The SMILES string of the molecule is C#CC(C)(C)NC(=O)[C@H](N)c1ccccc1. The molecule has 0 saturated carbocycles. The summed E-state index contributed by atoms with van der Waals surface area (Å²) in [5.41, 5.74) is 5.91. The van der Waals surface area contributed by atoms with Crippen molar-refractivity contribution in [1.29, 1.82) is 0 Å². The number of hydrogen-bond acceptors (Lipinski definition) is 2. The van der Waals surface area contributed by atoms with Crippen LogP contribution in [-0.2, 0) is 4.79 Å². The van der Waals surface area contributed by atoms with E-state index >= 15 is 0 Å². The first-order valence-corrected chi connectivity index (χ1v) is 5.06. The Morgan fingerprint density at radius 2 is 2.00 bits per heavy atom. The van der Waals surface area contributed by atoms with Crippen LogP contribution in [0.15, 0.2) is 30.3 Å². The van der Waals surface area contributed by atoms with Gasteiger partial charge in [0.1, 0.15) is 6.04 Å². The highest BCUT2D eigenvalue weighted by Gasteiger charge is 2.22. The Bertz CT molecular complexity index is 404. The first kappa shape index (κ1) is 12.3. The Hall–Kier alpha value is -1.79. The van der Waals surface area contributed by atoms with Crippen LogP contribution in [0.2, 0.25) is 0 Å². The summed E-state index contributed by atoms with van der Waals surface area (Å²) in [6.07, 6.45) is 5.29. The normalized spacial score (nSPS) is 12.6. The van der Waals surface area contributed by atoms with Crippen LogP contribution in [0.25, 0.3) is 0 Å². The predicted molar refractivity (Wildman–Crippen MR) is 64.4 cm³/mol. The van der Waals surface area contributed by atoms with Gasteiger partial charge in [-0.25, -0.2) is 0 Å². The van der Waals surface area contributed by atoms with Gasteiger partial charge in [0.05, 0.1) is 5.54 Å². The van der Waals surface area contributed by atoms with Gasteiger partial charge in [-0.15, -0.1) is 6.42 Å². The maximum absolute atomic E-state index is 11.8. The zero-order valence-electron chi connectivity index (χ0n) is 9.53. The van der Waals surface area contributed by atoms with Gasteiger partial charge in [0.25, 0.3) is 0 Å². The van der Waals surface area contributed by atoms with Crippen molar-refractivity contribution in [2.75, 3.05) is 0 Å². The third-order valence-electron chi connectivity index (χ3n) is 2.24. The van der Waals surface area contributed by atoms with Gasteiger partial charge in [0.15, 0.2) is 0 Å². The average molecular weight is 216 g/mol. The Morgan fingerprint density at radius 1 is 1.44 bits per heavy atom. The molecule has 3 N–H and O–H groups in total. The van der Waals surface area contributed by atoms with Crippen molar-refractivity contribution in [2.45, 2.75) is 25.4 Å². The smallest absolute Gasteiger partial charge is 0.242 e. The lowest BCUT2D eigenvalue weighted by Gasteiger charge is -2.22. The third-order valence-corrected chi connectivity index (χ3v) is 2.24. The molecule has 0 spiro atoms. The quantitative estimate of drug-likeness (QED) is 0.746. The summed E-state index contributed by atoms with van der Waals surface area (Å²) in [6.45, 7) is 3.51.